The average molecular weight is 553 g/mol. The number of fused-ring (bicyclic) bond motifs is 2. The third-order valence-corrected chi connectivity index (χ3v) is 8.08. The molecule has 8 nitrogen and oxygen atoms in total. The van der Waals surface area contributed by atoms with Gasteiger partial charge < -0.3 is 15.0 Å². The lowest BCUT2D eigenvalue weighted by atomic mass is 10.1. The number of H-pyrrole nitrogens is 1. The lowest BCUT2D eigenvalue weighted by Crippen LogP contribution is -2.31. The van der Waals surface area contributed by atoms with Gasteiger partial charge in [0.15, 0.2) is 10.9 Å². The van der Waals surface area contributed by atoms with Crippen molar-refractivity contribution in [2.45, 2.75) is 30.6 Å². The molecule has 2 aromatic heterocycles. The molecular formula is C31H28N4O4S. The molecule has 3 aromatic carbocycles. The first-order valence-electron chi connectivity index (χ1n) is 13.3. The number of para-hydroxylation sites is 1. The molecule has 0 spiro atoms. The molecule has 0 bridgehead atoms. The summed E-state index contributed by atoms with van der Waals surface area (Å²) in [6.45, 7) is 1.48. The van der Waals surface area contributed by atoms with Crippen molar-refractivity contribution < 1.29 is 14.3 Å². The van der Waals surface area contributed by atoms with Gasteiger partial charge in [0.1, 0.15) is 0 Å². The molecule has 1 aliphatic rings. The van der Waals surface area contributed by atoms with Crippen molar-refractivity contribution in [3.05, 3.63) is 106 Å². The number of benzene rings is 3. The molecule has 1 atom stereocenters. The van der Waals surface area contributed by atoms with Crippen LogP contribution in [0.4, 0.5) is 0 Å². The van der Waals surface area contributed by atoms with Crippen LogP contribution < -0.4 is 10.9 Å². The fraction of sp³-hybridized carbons (Fsp3) is 0.226. The number of aromatic amines is 1. The molecule has 3 heterocycles. The topological polar surface area (TPSA) is 106 Å². The van der Waals surface area contributed by atoms with Crippen molar-refractivity contribution in [1.29, 1.82) is 0 Å². The number of nitrogens with one attached hydrogen (secondary N) is 2. The normalized spacial score (nSPS) is 15.1. The zero-order valence-electron chi connectivity index (χ0n) is 21.8. The van der Waals surface area contributed by atoms with Crippen LogP contribution in [0, 0.1) is 0 Å². The van der Waals surface area contributed by atoms with Gasteiger partial charge in [0.2, 0.25) is 0 Å². The summed E-state index contributed by atoms with van der Waals surface area (Å²) in [7, 11) is 0. The Labute approximate surface area is 234 Å². The minimum absolute atomic E-state index is 0.0328. The highest BCUT2D eigenvalue weighted by Crippen LogP contribution is 2.24. The van der Waals surface area contributed by atoms with Gasteiger partial charge in [0.25, 0.3) is 11.5 Å². The van der Waals surface area contributed by atoms with Gasteiger partial charge in [-0.25, -0.2) is 4.98 Å². The second-order valence-electron chi connectivity index (χ2n) is 9.81. The summed E-state index contributed by atoms with van der Waals surface area (Å²) in [4.78, 5) is 47.7. The Hall–Kier alpha value is -4.21. The lowest BCUT2D eigenvalue weighted by Gasteiger charge is -2.14. The molecule has 1 fully saturated rings. The first-order chi connectivity index (χ1) is 19.6. The van der Waals surface area contributed by atoms with Crippen LogP contribution >= 0.6 is 11.8 Å². The van der Waals surface area contributed by atoms with Crippen molar-refractivity contribution in [3.8, 4) is 0 Å². The third kappa shape index (κ3) is 5.43. The first kappa shape index (κ1) is 26.0. The SMILES string of the molecule is O=C(NCC1CCCO1)c1ccc2c(=O)n(Cc3ccccc3)c(SCC(=O)c3c[nH]c4ccccc34)nc2c1. The highest BCUT2D eigenvalue weighted by molar-refractivity contribution is 7.99. The number of hydrogen-bond acceptors (Lipinski definition) is 6. The number of thioether (sulfide) groups is 1. The van der Waals surface area contributed by atoms with Crippen LogP contribution in [0.5, 0.6) is 0 Å². The minimum Gasteiger partial charge on any atom is -0.376 e. The Morgan fingerprint density at radius 2 is 1.88 bits per heavy atom. The van der Waals surface area contributed by atoms with Gasteiger partial charge in [0.05, 0.1) is 29.3 Å². The quantitative estimate of drug-likeness (QED) is 0.154. The number of hydrogen-bond donors (Lipinski definition) is 2. The molecule has 0 saturated carbocycles. The number of amides is 1. The largest absolute Gasteiger partial charge is 0.376 e. The maximum Gasteiger partial charge on any atom is 0.262 e. The molecule has 40 heavy (non-hydrogen) atoms. The fourth-order valence-electron chi connectivity index (χ4n) is 4.98. The number of Topliss-reactive ketones (excluding diaryl/α,β-unsaturated/α-hetero) is 1. The number of carbonyl (C=O) groups excluding carboxylic acids is 2. The van der Waals surface area contributed by atoms with Gasteiger partial charge in [-0.2, -0.15) is 0 Å². The molecule has 0 radical (unpaired) electrons. The lowest BCUT2D eigenvalue weighted by molar-refractivity contribution is 0.0857. The predicted molar refractivity (Wildman–Crippen MR) is 156 cm³/mol. The van der Waals surface area contributed by atoms with E-state index in [0.717, 1.165) is 35.9 Å². The number of ether oxygens (including phenoxy) is 1. The van der Waals surface area contributed by atoms with E-state index >= 15 is 0 Å². The Kier molecular flexibility index (Phi) is 7.48. The molecular weight excluding hydrogens is 524 g/mol. The maximum absolute atomic E-state index is 13.7. The van der Waals surface area contributed by atoms with E-state index in [-0.39, 0.29) is 29.1 Å². The second kappa shape index (κ2) is 11.5. The van der Waals surface area contributed by atoms with Gasteiger partial charge in [-0.3, -0.25) is 19.0 Å². The Morgan fingerprint density at radius 3 is 2.70 bits per heavy atom. The Morgan fingerprint density at radius 1 is 1.05 bits per heavy atom. The Bertz CT molecular complexity index is 1760. The zero-order chi connectivity index (χ0) is 27.5. The predicted octanol–water partition coefficient (Wildman–Crippen LogP) is 4.81. The van der Waals surface area contributed by atoms with Crippen molar-refractivity contribution in [1.82, 2.24) is 19.9 Å². The average Bonchev–Trinajstić information content (AvgIpc) is 3.67. The zero-order valence-corrected chi connectivity index (χ0v) is 22.6. The molecule has 202 valence electrons. The van der Waals surface area contributed by atoms with E-state index in [1.165, 1.54) is 11.8 Å². The van der Waals surface area contributed by atoms with Gasteiger partial charge in [-0.1, -0.05) is 60.3 Å². The third-order valence-electron chi connectivity index (χ3n) is 7.10. The van der Waals surface area contributed by atoms with Crippen molar-refractivity contribution in [2.75, 3.05) is 18.9 Å². The second-order valence-corrected chi connectivity index (χ2v) is 10.8. The van der Waals surface area contributed by atoms with Gasteiger partial charge in [-0.05, 0) is 42.7 Å². The van der Waals surface area contributed by atoms with Crippen LogP contribution in [0.1, 0.15) is 39.1 Å². The van der Waals surface area contributed by atoms with Crippen LogP contribution in [-0.4, -0.2) is 51.2 Å². The van der Waals surface area contributed by atoms with Gasteiger partial charge in [0, 0.05) is 41.4 Å². The molecule has 1 saturated heterocycles. The van der Waals surface area contributed by atoms with Crippen LogP contribution in [0.25, 0.3) is 21.8 Å². The molecule has 9 heteroatoms. The van der Waals surface area contributed by atoms with E-state index in [0.29, 0.717) is 40.3 Å². The molecule has 1 aliphatic heterocycles. The van der Waals surface area contributed by atoms with Crippen molar-refractivity contribution in [2.24, 2.45) is 0 Å². The van der Waals surface area contributed by atoms with Crippen LogP contribution in [0.3, 0.4) is 0 Å². The summed E-state index contributed by atoms with van der Waals surface area (Å²) in [5, 5.41) is 4.62. The van der Waals surface area contributed by atoms with Gasteiger partial charge in [-0.15, -0.1) is 0 Å². The summed E-state index contributed by atoms with van der Waals surface area (Å²) in [6, 6.07) is 22.3. The number of rotatable bonds is 9. The molecule has 1 unspecified atom stereocenters. The highest BCUT2D eigenvalue weighted by Gasteiger charge is 2.19. The fourth-order valence-corrected chi connectivity index (χ4v) is 5.86. The Balaban J connectivity index is 1.31. The summed E-state index contributed by atoms with van der Waals surface area (Å²) in [6.07, 6.45) is 3.68. The monoisotopic (exact) mass is 552 g/mol. The first-order valence-corrected chi connectivity index (χ1v) is 14.3. The molecule has 0 aliphatic carbocycles. The number of ketones is 1. The van der Waals surface area contributed by atoms with Crippen molar-refractivity contribution >= 4 is 45.3 Å². The molecule has 1 amide bonds. The van der Waals surface area contributed by atoms with Crippen LogP contribution in [0.15, 0.2) is 88.9 Å². The molecule has 5 aromatic rings. The number of nitrogens with zero attached hydrogens (tertiary/aromatic N) is 2. The standard InChI is InChI=1S/C31H28N4O4S/c36-28(25-17-32-26-11-5-4-10-23(25)26)19-40-31-34-27-15-21(29(37)33-16-22-9-6-14-39-22)12-13-24(27)30(38)35(31)18-20-7-2-1-3-8-20/h1-5,7-8,10-13,15,17,22,32H,6,9,14,16,18-19H2,(H,33,37). The summed E-state index contributed by atoms with van der Waals surface area (Å²) < 4.78 is 7.20. The van der Waals surface area contributed by atoms with E-state index in [1.807, 2.05) is 54.6 Å². The van der Waals surface area contributed by atoms with E-state index < -0.39 is 0 Å². The smallest absolute Gasteiger partial charge is 0.262 e. The molecule has 2 N–H and O–H groups in total. The van der Waals surface area contributed by atoms with E-state index in [2.05, 4.69) is 10.3 Å². The maximum atomic E-state index is 13.7. The van der Waals surface area contributed by atoms with E-state index in [1.54, 1.807) is 29.0 Å². The molecule has 6 rings (SSSR count). The number of aromatic nitrogens is 3. The highest BCUT2D eigenvalue weighted by atomic mass is 32.2. The number of carbonyl (C=O) groups is 2. The van der Waals surface area contributed by atoms with Crippen molar-refractivity contribution in [3.63, 3.8) is 0 Å². The van der Waals surface area contributed by atoms with Crippen LogP contribution in [-0.2, 0) is 11.3 Å². The summed E-state index contributed by atoms with van der Waals surface area (Å²) in [5.74, 6) is -0.197. The minimum atomic E-state index is -0.239. The van der Waals surface area contributed by atoms with E-state index in [9.17, 15) is 14.4 Å². The van der Waals surface area contributed by atoms with E-state index in [4.69, 9.17) is 9.72 Å². The van der Waals surface area contributed by atoms with Crippen LogP contribution in [0.2, 0.25) is 0 Å². The summed E-state index contributed by atoms with van der Waals surface area (Å²) in [5.41, 5.74) is 3.06. The summed E-state index contributed by atoms with van der Waals surface area (Å²) >= 11 is 1.22. The van der Waals surface area contributed by atoms with Gasteiger partial charge >= 0.3 is 0 Å².